The van der Waals surface area contributed by atoms with Crippen molar-refractivity contribution in [1.29, 1.82) is 0 Å². The molecule has 2 unspecified atom stereocenters. The van der Waals surface area contributed by atoms with Crippen LogP contribution in [-0.4, -0.2) is 12.6 Å². The molecule has 1 aromatic rings. The Morgan fingerprint density at radius 2 is 1.80 bits per heavy atom. The van der Waals surface area contributed by atoms with Gasteiger partial charge in [-0.25, -0.2) is 8.78 Å². The van der Waals surface area contributed by atoms with Gasteiger partial charge in [-0.05, 0) is 26.0 Å². The maximum atomic E-state index is 13.3. The van der Waals surface area contributed by atoms with Crippen molar-refractivity contribution in [1.82, 2.24) is 5.32 Å². The average molecular weight is 214 g/mol. The topological polar surface area (TPSA) is 38.0 Å². The molecule has 0 spiro atoms. The number of hydrogen-bond acceptors (Lipinski definition) is 2. The van der Waals surface area contributed by atoms with Crippen LogP contribution in [0.1, 0.15) is 25.5 Å². The summed E-state index contributed by atoms with van der Waals surface area (Å²) in [6, 6.07) is 3.50. The number of nitrogens with two attached hydrogens (primary N) is 1. The van der Waals surface area contributed by atoms with Crippen LogP contribution in [0.4, 0.5) is 8.78 Å². The van der Waals surface area contributed by atoms with E-state index >= 15 is 0 Å². The molecule has 1 rings (SSSR count). The summed E-state index contributed by atoms with van der Waals surface area (Å²) in [6.45, 7) is 4.02. The minimum absolute atomic E-state index is 0.0269. The third kappa shape index (κ3) is 2.97. The predicted molar refractivity (Wildman–Crippen MR) is 56.4 cm³/mol. The minimum atomic E-state index is -0.528. The molecule has 3 N–H and O–H groups in total. The van der Waals surface area contributed by atoms with E-state index < -0.39 is 11.6 Å². The molecule has 0 fully saturated rings. The molecule has 0 saturated carbocycles. The Bertz CT molecular complexity index is 308. The normalized spacial score (nSPS) is 15.0. The summed E-state index contributed by atoms with van der Waals surface area (Å²) in [7, 11) is 0. The number of benzene rings is 1. The van der Waals surface area contributed by atoms with Crippen molar-refractivity contribution in [2.45, 2.75) is 25.9 Å². The van der Waals surface area contributed by atoms with E-state index in [4.69, 9.17) is 5.73 Å². The van der Waals surface area contributed by atoms with Crippen molar-refractivity contribution >= 4 is 0 Å². The maximum absolute atomic E-state index is 13.3. The summed E-state index contributed by atoms with van der Waals surface area (Å²) in [5.74, 6) is -1.06. The van der Waals surface area contributed by atoms with Crippen molar-refractivity contribution in [3.63, 3.8) is 0 Å². The van der Waals surface area contributed by atoms with Crippen molar-refractivity contribution in [3.05, 3.63) is 35.4 Å². The molecule has 0 bridgehead atoms. The van der Waals surface area contributed by atoms with Gasteiger partial charge in [-0.15, -0.1) is 0 Å². The molecule has 84 valence electrons. The van der Waals surface area contributed by atoms with Gasteiger partial charge >= 0.3 is 0 Å². The number of halogens is 2. The van der Waals surface area contributed by atoms with Crippen molar-refractivity contribution in [3.8, 4) is 0 Å². The highest BCUT2D eigenvalue weighted by Gasteiger charge is 2.16. The number of rotatable bonds is 4. The largest absolute Gasteiger partial charge is 0.329 e. The van der Waals surface area contributed by atoms with Crippen LogP contribution in [0.25, 0.3) is 0 Å². The monoisotopic (exact) mass is 214 g/mol. The van der Waals surface area contributed by atoms with E-state index in [0.717, 1.165) is 0 Å². The molecule has 2 atom stereocenters. The SMILES string of the molecule is CC(CN)NC(C)c1c(F)cccc1F. The summed E-state index contributed by atoms with van der Waals surface area (Å²) in [5, 5.41) is 3.02. The first-order valence-electron chi connectivity index (χ1n) is 4.96. The fourth-order valence-corrected chi connectivity index (χ4v) is 1.50. The van der Waals surface area contributed by atoms with Crippen LogP contribution in [0.3, 0.4) is 0 Å². The zero-order valence-electron chi connectivity index (χ0n) is 8.93. The smallest absolute Gasteiger partial charge is 0.130 e. The average Bonchev–Trinajstić information content (AvgIpc) is 2.17. The molecule has 0 aromatic heterocycles. The molecule has 0 saturated heterocycles. The van der Waals surface area contributed by atoms with Crippen LogP contribution in [0.5, 0.6) is 0 Å². The van der Waals surface area contributed by atoms with Gasteiger partial charge in [-0.3, -0.25) is 0 Å². The molecule has 0 heterocycles. The van der Waals surface area contributed by atoms with Crippen molar-refractivity contribution in [2.24, 2.45) is 5.73 Å². The zero-order chi connectivity index (χ0) is 11.4. The second-order valence-electron chi connectivity index (χ2n) is 3.66. The quantitative estimate of drug-likeness (QED) is 0.804. The third-order valence-corrected chi connectivity index (χ3v) is 2.32. The molecule has 0 aliphatic heterocycles. The third-order valence-electron chi connectivity index (χ3n) is 2.32. The lowest BCUT2D eigenvalue weighted by Gasteiger charge is -2.19. The highest BCUT2D eigenvalue weighted by molar-refractivity contribution is 5.22. The van der Waals surface area contributed by atoms with Crippen LogP contribution >= 0.6 is 0 Å². The molecule has 0 aliphatic rings. The lowest BCUT2D eigenvalue weighted by Crippen LogP contribution is -2.35. The highest BCUT2D eigenvalue weighted by Crippen LogP contribution is 2.20. The van der Waals surface area contributed by atoms with Crippen LogP contribution < -0.4 is 11.1 Å². The first-order chi connectivity index (χ1) is 7.06. The van der Waals surface area contributed by atoms with Gasteiger partial charge in [0, 0.05) is 24.2 Å². The van der Waals surface area contributed by atoms with E-state index in [1.807, 2.05) is 6.92 Å². The summed E-state index contributed by atoms with van der Waals surface area (Å²) >= 11 is 0. The molecule has 4 heteroatoms. The standard InChI is InChI=1S/C11H16F2N2/c1-7(6-14)15-8(2)11-9(12)4-3-5-10(11)13/h3-5,7-8,15H,6,14H2,1-2H3. The second kappa shape index (κ2) is 5.19. The minimum Gasteiger partial charge on any atom is -0.329 e. The predicted octanol–water partition coefficient (Wildman–Crippen LogP) is 1.96. The molecule has 1 aromatic carbocycles. The lowest BCUT2D eigenvalue weighted by molar-refractivity contribution is 0.445. The van der Waals surface area contributed by atoms with Crippen LogP contribution in [0.2, 0.25) is 0 Å². The molecule has 0 amide bonds. The van der Waals surface area contributed by atoms with Gasteiger partial charge in [-0.1, -0.05) is 6.07 Å². The van der Waals surface area contributed by atoms with Crippen molar-refractivity contribution in [2.75, 3.05) is 6.54 Å². The van der Waals surface area contributed by atoms with Gasteiger partial charge < -0.3 is 11.1 Å². The fourth-order valence-electron chi connectivity index (χ4n) is 1.50. The van der Waals surface area contributed by atoms with E-state index in [-0.39, 0.29) is 17.6 Å². The summed E-state index contributed by atoms with van der Waals surface area (Å²) in [6.07, 6.45) is 0. The van der Waals surface area contributed by atoms with Gasteiger partial charge in [-0.2, -0.15) is 0 Å². The molecule has 15 heavy (non-hydrogen) atoms. The molecule has 2 nitrogen and oxygen atoms in total. The first-order valence-corrected chi connectivity index (χ1v) is 4.96. The van der Waals surface area contributed by atoms with Gasteiger partial charge in [0.15, 0.2) is 0 Å². The Morgan fingerprint density at radius 3 is 2.27 bits per heavy atom. The molecular formula is C11H16F2N2. The Hall–Kier alpha value is -1.00. The Balaban J connectivity index is 2.86. The Labute approximate surface area is 88.5 Å². The Morgan fingerprint density at radius 1 is 1.27 bits per heavy atom. The van der Waals surface area contributed by atoms with E-state index in [1.54, 1.807) is 6.92 Å². The summed E-state index contributed by atoms with van der Waals surface area (Å²) in [4.78, 5) is 0. The van der Waals surface area contributed by atoms with E-state index in [1.165, 1.54) is 18.2 Å². The lowest BCUT2D eigenvalue weighted by atomic mass is 10.1. The molecule has 0 aliphatic carbocycles. The summed E-state index contributed by atoms with van der Waals surface area (Å²) < 4.78 is 26.7. The van der Waals surface area contributed by atoms with E-state index in [0.29, 0.717) is 6.54 Å². The Kier molecular flexibility index (Phi) is 4.17. The van der Waals surface area contributed by atoms with Gasteiger partial charge in [0.1, 0.15) is 11.6 Å². The number of nitrogens with one attached hydrogen (secondary N) is 1. The molecule has 0 radical (unpaired) electrons. The van der Waals surface area contributed by atoms with Gasteiger partial charge in [0.25, 0.3) is 0 Å². The fraction of sp³-hybridized carbons (Fsp3) is 0.455. The van der Waals surface area contributed by atoms with E-state index in [9.17, 15) is 8.78 Å². The van der Waals surface area contributed by atoms with Gasteiger partial charge in [0.05, 0.1) is 0 Å². The van der Waals surface area contributed by atoms with Crippen LogP contribution in [0.15, 0.2) is 18.2 Å². The molecular weight excluding hydrogens is 198 g/mol. The van der Waals surface area contributed by atoms with E-state index in [2.05, 4.69) is 5.32 Å². The maximum Gasteiger partial charge on any atom is 0.130 e. The second-order valence-corrected chi connectivity index (χ2v) is 3.66. The summed E-state index contributed by atoms with van der Waals surface area (Å²) in [5.41, 5.74) is 5.49. The van der Waals surface area contributed by atoms with Crippen LogP contribution in [-0.2, 0) is 0 Å². The van der Waals surface area contributed by atoms with Crippen molar-refractivity contribution < 1.29 is 8.78 Å². The highest BCUT2D eigenvalue weighted by atomic mass is 19.1. The van der Waals surface area contributed by atoms with Crippen LogP contribution in [0, 0.1) is 11.6 Å². The number of hydrogen-bond donors (Lipinski definition) is 2. The van der Waals surface area contributed by atoms with Gasteiger partial charge in [0.2, 0.25) is 0 Å². The zero-order valence-corrected chi connectivity index (χ0v) is 8.93. The first kappa shape index (κ1) is 12.1.